The lowest BCUT2D eigenvalue weighted by Crippen LogP contribution is -2.16. The number of aryl methyl sites for hydroxylation is 1. The summed E-state index contributed by atoms with van der Waals surface area (Å²) in [5, 5.41) is 26.7. The van der Waals surface area contributed by atoms with E-state index in [1.165, 1.54) is 43.3 Å². The average Bonchev–Trinajstić information content (AvgIpc) is 3.22. The van der Waals surface area contributed by atoms with E-state index < -0.39 is 29.4 Å². The van der Waals surface area contributed by atoms with Gasteiger partial charge in [0.25, 0.3) is 5.91 Å². The van der Waals surface area contributed by atoms with E-state index >= 15 is 0 Å². The Morgan fingerprint density at radius 1 is 0.925 bits per heavy atom. The Kier molecular flexibility index (Phi) is 6.50. The minimum Gasteiger partial charge on any atom is -0.505 e. The van der Waals surface area contributed by atoms with Crippen molar-refractivity contribution in [1.29, 1.82) is 0 Å². The molecule has 4 aromatic rings. The maximum Gasteiger partial charge on any atom is 0.416 e. The maximum atomic E-state index is 14.7. The Hall–Kier alpha value is -5.19. The van der Waals surface area contributed by atoms with E-state index in [9.17, 15) is 37.4 Å². The van der Waals surface area contributed by atoms with Gasteiger partial charge in [-0.15, -0.1) is 0 Å². The number of benzene rings is 4. The summed E-state index contributed by atoms with van der Waals surface area (Å²) >= 11 is 0. The summed E-state index contributed by atoms with van der Waals surface area (Å²) in [6.45, 7) is 1.31. The Labute approximate surface area is 224 Å². The molecule has 1 aliphatic heterocycles. The fourth-order valence-electron chi connectivity index (χ4n) is 4.46. The fraction of sp³-hybridized carbons (Fsp3) is 0.0690. The molecule has 1 amide bonds. The summed E-state index contributed by atoms with van der Waals surface area (Å²) in [6, 6.07) is 16.1. The molecule has 0 saturated heterocycles. The molecule has 40 heavy (non-hydrogen) atoms. The first-order valence-corrected chi connectivity index (χ1v) is 11.8. The van der Waals surface area contributed by atoms with Gasteiger partial charge in [-0.3, -0.25) is 10.2 Å². The van der Waals surface area contributed by atoms with Crippen molar-refractivity contribution in [2.75, 3.05) is 10.7 Å². The van der Waals surface area contributed by atoms with E-state index in [2.05, 4.69) is 15.8 Å². The lowest BCUT2D eigenvalue weighted by Gasteiger charge is -2.14. The Balaban J connectivity index is 1.53. The van der Waals surface area contributed by atoms with Crippen molar-refractivity contribution in [3.05, 3.63) is 101 Å². The van der Waals surface area contributed by atoms with Crippen molar-refractivity contribution in [1.82, 2.24) is 0 Å². The van der Waals surface area contributed by atoms with Gasteiger partial charge in [-0.25, -0.2) is 9.18 Å². The molecule has 4 aromatic carbocycles. The summed E-state index contributed by atoms with van der Waals surface area (Å²) in [6.07, 6.45) is -4.62. The second kappa shape index (κ2) is 9.84. The van der Waals surface area contributed by atoms with E-state index in [-0.39, 0.29) is 56.2 Å². The molecule has 5 rings (SSSR count). The van der Waals surface area contributed by atoms with E-state index in [0.717, 1.165) is 18.2 Å². The Morgan fingerprint density at radius 2 is 1.62 bits per heavy atom. The number of phenolic OH excluding ortho intramolecular Hbond substituents is 1. The number of amides is 1. The van der Waals surface area contributed by atoms with Crippen molar-refractivity contribution in [2.45, 2.75) is 13.1 Å². The zero-order valence-corrected chi connectivity index (χ0v) is 20.6. The lowest BCUT2D eigenvalue weighted by molar-refractivity contribution is -0.138. The minimum absolute atomic E-state index is 0.00323. The number of nitrogens with one attached hydrogen (secondary N) is 2. The number of hydrogen-bond acceptors (Lipinski definition) is 5. The van der Waals surface area contributed by atoms with Gasteiger partial charge >= 0.3 is 12.1 Å². The number of fused-ring (bicyclic) bond motifs is 1. The van der Waals surface area contributed by atoms with Crippen molar-refractivity contribution in [2.24, 2.45) is 5.10 Å². The fourth-order valence-corrected chi connectivity index (χ4v) is 4.46. The smallest absolute Gasteiger partial charge is 0.416 e. The molecule has 0 atom stereocenters. The molecule has 11 heteroatoms. The molecule has 7 nitrogen and oxygen atoms in total. The van der Waals surface area contributed by atoms with Crippen LogP contribution in [0.2, 0.25) is 0 Å². The van der Waals surface area contributed by atoms with Crippen LogP contribution in [0.1, 0.15) is 27.0 Å². The molecule has 202 valence electrons. The van der Waals surface area contributed by atoms with Gasteiger partial charge in [0, 0.05) is 16.7 Å². The van der Waals surface area contributed by atoms with E-state index in [4.69, 9.17) is 0 Å². The highest BCUT2D eigenvalue weighted by Crippen LogP contribution is 2.40. The van der Waals surface area contributed by atoms with Gasteiger partial charge in [0.2, 0.25) is 0 Å². The number of hydrogen-bond donors (Lipinski definition) is 4. The standard InChI is InChI=1S/C29H19F4N3O4/c1-14-8-9-16(11-22(14)29(31,32)33)20-12-18(30)13-21-24(20)34-27(38)25(21)36-35-23-7-3-6-19(26(23)37)15-4-2-5-17(10-15)28(39)40/h2-13,35,37H,1H3,(H,39,40)(H,34,36,38). The number of carbonyl (C=O) groups is 2. The first-order chi connectivity index (χ1) is 18.9. The van der Waals surface area contributed by atoms with Gasteiger partial charge < -0.3 is 15.5 Å². The SMILES string of the molecule is Cc1ccc(-c2cc(F)cc3c2NC(=O)C3=NNc2cccc(-c3cccc(C(=O)O)c3)c2O)cc1C(F)(F)F. The summed E-state index contributed by atoms with van der Waals surface area (Å²) < 4.78 is 55.1. The van der Waals surface area contributed by atoms with Crippen molar-refractivity contribution < 1.29 is 37.4 Å². The molecule has 0 radical (unpaired) electrons. The number of carbonyl (C=O) groups excluding carboxylic acids is 1. The van der Waals surface area contributed by atoms with Crippen LogP contribution in [0, 0.1) is 12.7 Å². The number of para-hydroxylation sites is 1. The first kappa shape index (κ1) is 26.4. The number of hydrazone groups is 1. The van der Waals surface area contributed by atoms with Crippen LogP contribution in [0.25, 0.3) is 22.3 Å². The summed E-state index contributed by atoms with van der Waals surface area (Å²) in [4.78, 5) is 24.1. The van der Waals surface area contributed by atoms with E-state index in [0.29, 0.717) is 5.56 Å². The number of phenols is 1. The molecule has 0 bridgehead atoms. The van der Waals surface area contributed by atoms with Crippen LogP contribution in [0.3, 0.4) is 0 Å². The number of rotatable bonds is 5. The molecule has 0 aliphatic carbocycles. The summed E-state index contributed by atoms with van der Waals surface area (Å²) in [5.41, 5.74) is 2.44. The monoisotopic (exact) mass is 549 g/mol. The van der Waals surface area contributed by atoms with E-state index in [1.54, 1.807) is 18.2 Å². The van der Waals surface area contributed by atoms with E-state index in [1.807, 2.05) is 0 Å². The van der Waals surface area contributed by atoms with Crippen LogP contribution in [0.5, 0.6) is 5.75 Å². The number of anilines is 2. The second-order valence-electron chi connectivity index (χ2n) is 9.02. The molecule has 0 aromatic heterocycles. The van der Waals surface area contributed by atoms with Gasteiger partial charge in [-0.05, 0) is 60.0 Å². The largest absolute Gasteiger partial charge is 0.505 e. The van der Waals surface area contributed by atoms with Crippen LogP contribution >= 0.6 is 0 Å². The molecule has 1 heterocycles. The highest BCUT2D eigenvalue weighted by Gasteiger charge is 2.34. The normalized spacial score (nSPS) is 13.7. The minimum atomic E-state index is -4.62. The number of nitrogens with zero attached hydrogens (tertiary/aromatic N) is 1. The number of halogens is 4. The van der Waals surface area contributed by atoms with Crippen molar-refractivity contribution >= 4 is 29.0 Å². The van der Waals surface area contributed by atoms with Gasteiger partial charge in [0.05, 0.1) is 22.5 Å². The zero-order chi connectivity index (χ0) is 28.8. The van der Waals surface area contributed by atoms with Crippen molar-refractivity contribution in [3.8, 4) is 28.0 Å². The third-order valence-electron chi connectivity index (χ3n) is 6.41. The first-order valence-electron chi connectivity index (χ1n) is 11.8. The van der Waals surface area contributed by atoms with Gasteiger partial charge in [-0.2, -0.15) is 18.3 Å². The highest BCUT2D eigenvalue weighted by molar-refractivity contribution is 6.54. The number of carboxylic acid groups (broad SMARTS) is 1. The maximum absolute atomic E-state index is 14.7. The summed E-state index contributed by atoms with van der Waals surface area (Å²) in [7, 11) is 0. The molecule has 0 unspecified atom stereocenters. The predicted molar refractivity (Wildman–Crippen MR) is 141 cm³/mol. The quantitative estimate of drug-likeness (QED) is 0.126. The van der Waals surface area contributed by atoms with Crippen LogP contribution in [-0.2, 0) is 11.0 Å². The average molecular weight is 549 g/mol. The van der Waals surface area contributed by atoms with Gasteiger partial charge in [0.15, 0.2) is 5.71 Å². The third kappa shape index (κ3) is 4.84. The molecule has 4 N–H and O–H groups in total. The molecule has 0 saturated carbocycles. The Morgan fingerprint density at radius 3 is 2.35 bits per heavy atom. The number of alkyl halides is 3. The van der Waals surface area contributed by atoms with Crippen LogP contribution in [-0.4, -0.2) is 27.8 Å². The highest BCUT2D eigenvalue weighted by atomic mass is 19.4. The van der Waals surface area contributed by atoms with Gasteiger partial charge in [0.1, 0.15) is 11.6 Å². The third-order valence-corrected chi connectivity index (χ3v) is 6.41. The number of aromatic carboxylic acids is 1. The zero-order valence-electron chi connectivity index (χ0n) is 20.6. The number of aromatic hydroxyl groups is 1. The topological polar surface area (TPSA) is 111 Å². The molecule has 1 aliphatic rings. The van der Waals surface area contributed by atoms with Crippen LogP contribution in [0.4, 0.5) is 28.9 Å². The lowest BCUT2D eigenvalue weighted by atomic mass is 9.96. The second-order valence-corrected chi connectivity index (χ2v) is 9.02. The van der Waals surface area contributed by atoms with Gasteiger partial charge in [-0.1, -0.05) is 36.4 Å². The molecule has 0 spiro atoms. The Bertz CT molecular complexity index is 1730. The predicted octanol–water partition coefficient (Wildman–Crippen LogP) is 6.66. The molecular weight excluding hydrogens is 530 g/mol. The summed E-state index contributed by atoms with van der Waals surface area (Å²) in [5.74, 6) is -2.95. The van der Waals surface area contributed by atoms with Crippen molar-refractivity contribution in [3.63, 3.8) is 0 Å². The molecule has 0 fully saturated rings. The molecular formula is C29H19F4N3O4. The van der Waals surface area contributed by atoms with Crippen LogP contribution < -0.4 is 10.7 Å². The number of carboxylic acids is 1. The van der Waals surface area contributed by atoms with Crippen LogP contribution in [0.15, 0.2) is 77.9 Å².